The highest BCUT2D eigenvalue weighted by Gasteiger charge is 2.22. The van der Waals surface area contributed by atoms with Crippen LogP contribution in [0.3, 0.4) is 0 Å². The number of nitrogens with zero attached hydrogens (tertiary/aromatic N) is 4. The van der Waals surface area contributed by atoms with Crippen LogP contribution in [0.25, 0.3) is 22.4 Å². The van der Waals surface area contributed by atoms with E-state index in [1.54, 1.807) is 19.2 Å². The van der Waals surface area contributed by atoms with Crippen LogP contribution in [0.4, 0.5) is 5.82 Å². The molecule has 2 N–H and O–H groups in total. The number of nitrogens with two attached hydrogens (primary N) is 1. The minimum absolute atomic E-state index is 0.375. The fraction of sp³-hybridized carbons (Fsp3) is 0.350. The molecule has 0 radical (unpaired) electrons. The van der Waals surface area contributed by atoms with Gasteiger partial charge in [0.1, 0.15) is 22.9 Å². The highest BCUT2D eigenvalue weighted by Crippen LogP contribution is 2.32. The van der Waals surface area contributed by atoms with E-state index in [1.807, 2.05) is 29.9 Å². The second-order valence-corrected chi connectivity index (χ2v) is 6.99. The lowest BCUT2D eigenvalue weighted by molar-refractivity contribution is 0.1000. The molecule has 1 atom stereocenters. The van der Waals surface area contributed by atoms with Crippen molar-refractivity contribution in [2.45, 2.75) is 25.8 Å². The lowest BCUT2D eigenvalue weighted by Gasteiger charge is -2.22. The van der Waals surface area contributed by atoms with Crippen molar-refractivity contribution in [1.82, 2.24) is 14.5 Å². The van der Waals surface area contributed by atoms with Gasteiger partial charge in [-0.25, -0.2) is 9.97 Å². The number of hydrogen-bond acceptors (Lipinski definition) is 5. The van der Waals surface area contributed by atoms with Gasteiger partial charge in [-0.05, 0) is 44.0 Å². The molecule has 1 aromatic carbocycles. The molecular weight excluding hydrogens is 342 g/mol. The number of ether oxygens (including phenoxy) is 1. The standard InChI is InChI=1S/C20H23N5O2/c1-12-5-4-8-25(12)17-7-6-13(11-22-17)20-23-15-9-14(19(21)26)10-16(27-3)18(15)24(20)2/h6-7,9-12H,4-5,8H2,1-3H3,(H2,21,26). The lowest BCUT2D eigenvalue weighted by Crippen LogP contribution is -2.26. The molecule has 7 nitrogen and oxygen atoms in total. The van der Waals surface area contributed by atoms with Crippen molar-refractivity contribution in [2.75, 3.05) is 18.6 Å². The van der Waals surface area contributed by atoms with Gasteiger partial charge in [-0.2, -0.15) is 0 Å². The monoisotopic (exact) mass is 365 g/mol. The van der Waals surface area contributed by atoms with Gasteiger partial charge in [-0.3, -0.25) is 4.79 Å². The van der Waals surface area contributed by atoms with Crippen molar-refractivity contribution in [1.29, 1.82) is 0 Å². The van der Waals surface area contributed by atoms with E-state index in [1.165, 1.54) is 12.8 Å². The van der Waals surface area contributed by atoms with Gasteiger partial charge in [0.15, 0.2) is 0 Å². The van der Waals surface area contributed by atoms with Crippen molar-refractivity contribution < 1.29 is 9.53 Å². The quantitative estimate of drug-likeness (QED) is 0.768. The normalized spacial score (nSPS) is 16.9. The molecule has 1 amide bonds. The van der Waals surface area contributed by atoms with E-state index >= 15 is 0 Å². The first-order valence-electron chi connectivity index (χ1n) is 9.07. The number of fused-ring (bicyclic) bond motifs is 1. The van der Waals surface area contributed by atoms with Crippen molar-refractivity contribution in [2.24, 2.45) is 12.8 Å². The summed E-state index contributed by atoms with van der Waals surface area (Å²) in [5, 5.41) is 0. The maximum absolute atomic E-state index is 11.6. The number of amides is 1. The molecule has 0 bridgehead atoms. The molecule has 140 valence electrons. The maximum Gasteiger partial charge on any atom is 0.248 e. The minimum Gasteiger partial charge on any atom is -0.494 e. The largest absolute Gasteiger partial charge is 0.494 e. The summed E-state index contributed by atoms with van der Waals surface area (Å²) in [6.07, 6.45) is 4.26. The van der Waals surface area contributed by atoms with Gasteiger partial charge in [-0.15, -0.1) is 0 Å². The molecular formula is C20H23N5O2. The third kappa shape index (κ3) is 2.89. The highest BCUT2D eigenvalue weighted by molar-refractivity contribution is 5.99. The van der Waals surface area contributed by atoms with E-state index in [0.29, 0.717) is 22.9 Å². The number of rotatable bonds is 4. The van der Waals surface area contributed by atoms with Crippen molar-refractivity contribution in [3.05, 3.63) is 36.0 Å². The van der Waals surface area contributed by atoms with Crippen LogP contribution in [-0.4, -0.2) is 40.1 Å². The first kappa shape index (κ1) is 17.3. The first-order chi connectivity index (χ1) is 13.0. The number of benzene rings is 1. The molecule has 1 unspecified atom stereocenters. The van der Waals surface area contributed by atoms with Gasteiger partial charge in [0, 0.05) is 37.0 Å². The molecule has 7 heteroatoms. The SMILES string of the molecule is COc1cc(C(N)=O)cc2nc(-c3ccc(N4CCCC4C)nc3)n(C)c12. The summed E-state index contributed by atoms with van der Waals surface area (Å²) >= 11 is 0. The van der Waals surface area contributed by atoms with Gasteiger partial charge < -0.3 is 19.9 Å². The summed E-state index contributed by atoms with van der Waals surface area (Å²) in [6.45, 7) is 3.28. The van der Waals surface area contributed by atoms with Crippen LogP contribution >= 0.6 is 0 Å². The van der Waals surface area contributed by atoms with E-state index in [-0.39, 0.29) is 0 Å². The second-order valence-electron chi connectivity index (χ2n) is 6.99. The molecule has 1 aliphatic heterocycles. The van der Waals surface area contributed by atoms with Crippen molar-refractivity contribution in [3.63, 3.8) is 0 Å². The average molecular weight is 365 g/mol. The fourth-order valence-electron chi connectivity index (χ4n) is 3.83. The number of carbonyl (C=O) groups excluding carboxylic acids is 1. The van der Waals surface area contributed by atoms with Crippen LogP contribution in [-0.2, 0) is 7.05 Å². The molecule has 1 aliphatic rings. The number of methoxy groups -OCH3 is 1. The third-order valence-corrected chi connectivity index (χ3v) is 5.29. The van der Waals surface area contributed by atoms with Crippen LogP contribution in [0.1, 0.15) is 30.1 Å². The molecule has 0 saturated carbocycles. The summed E-state index contributed by atoms with van der Waals surface area (Å²) in [6, 6.07) is 7.94. The van der Waals surface area contributed by atoms with Gasteiger partial charge in [0.2, 0.25) is 5.91 Å². The van der Waals surface area contributed by atoms with Gasteiger partial charge in [-0.1, -0.05) is 0 Å². The molecule has 3 aromatic rings. The Hall–Kier alpha value is -3.09. The summed E-state index contributed by atoms with van der Waals surface area (Å²) in [4.78, 5) is 23.3. The Labute approximate surface area is 157 Å². The number of primary amides is 1. The third-order valence-electron chi connectivity index (χ3n) is 5.29. The summed E-state index contributed by atoms with van der Waals surface area (Å²) < 4.78 is 7.41. The van der Waals surface area contributed by atoms with Gasteiger partial charge in [0.25, 0.3) is 0 Å². The smallest absolute Gasteiger partial charge is 0.248 e. The minimum atomic E-state index is -0.506. The van der Waals surface area contributed by atoms with Crippen LogP contribution in [0.2, 0.25) is 0 Å². The van der Waals surface area contributed by atoms with Crippen LogP contribution in [0.15, 0.2) is 30.5 Å². The van der Waals surface area contributed by atoms with E-state index < -0.39 is 5.91 Å². The van der Waals surface area contributed by atoms with Gasteiger partial charge in [0.05, 0.1) is 12.6 Å². The first-order valence-corrected chi connectivity index (χ1v) is 9.07. The Bertz CT molecular complexity index is 1010. The number of aryl methyl sites for hydroxylation is 1. The Morgan fingerprint density at radius 2 is 2.15 bits per heavy atom. The zero-order chi connectivity index (χ0) is 19.1. The molecule has 1 fully saturated rings. The highest BCUT2D eigenvalue weighted by atomic mass is 16.5. The molecule has 1 saturated heterocycles. The Morgan fingerprint density at radius 3 is 2.74 bits per heavy atom. The van der Waals surface area contributed by atoms with Gasteiger partial charge >= 0.3 is 0 Å². The van der Waals surface area contributed by atoms with Crippen LogP contribution < -0.4 is 15.4 Å². The number of pyridine rings is 1. The van der Waals surface area contributed by atoms with Crippen molar-refractivity contribution >= 4 is 22.8 Å². The average Bonchev–Trinajstić information content (AvgIpc) is 3.24. The predicted molar refractivity (Wildman–Crippen MR) is 105 cm³/mol. The lowest BCUT2D eigenvalue weighted by atomic mass is 10.1. The zero-order valence-corrected chi connectivity index (χ0v) is 15.8. The fourth-order valence-corrected chi connectivity index (χ4v) is 3.83. The summed E-state index contributed by atoms with van der Waals surface area (Å²) in [5.41, 5.74) is 8.19. The number of carbonyl (C=O) groups is 1. The molecule has 0 aliphatic carbocycles. The predicted octanol–water partition coefficient (Wildman–Crippen LogP) is 2.73. The van der Waals surface area contributed by atoms with Crippen molar-refractivity contribution in [3.8, 4) is 17.1 Å². The summed E-state index contributed by atoms with van der Waals surface area (Å²) in [5.74, 6) is 1.82. The Kier molecular flexibility index (Phi) is 4.22. The molecule has 0 spiro atoms. The van der Waals surface area contributed by atoms with E-state index in [2.05, 4.69) is 16.8 Å². The maximum atomic E-state index is 11.6. The number of imidazole rings is 1. The summed E-state index contributed by atoms with van der Waals surface area (Å²) in [7, 11) is 3.49. The van der Waals surface area contributed by atoms with E-state index in [0.717, 1.165) is 29.3 Å². The van der Waals surface area contributed by atoms with E-state index in [9.17, 15) is 4.79 Å². The van der Waals surface area contributed by atoms with E-state index in [4.69, 9.17) is 15.5 Å². The number of hydrogen-bond donors (Lipinski definition) is 1. The Balaban J connectivity index is 1.77. The van der Waals surface area contributed by atoms with Crippen LogP contribution in [0.5, 0.6) is 5.75 Å². The number of anilines is 1. The topological polar surface area (TPSA) is 86.3 Å². The number of aromatic nitrogens is 3. The Morgan fingerprint density at radius 1 is 1.33 bits per heavy atom. The molecule has 27 heavy (non-hydrogen) atoms. The second kappa shape index (κ2) is 6.57. The molecule has 2 aromatic heterocycles. The van der Waals surface area contributed by atoms with Crippen LogP contribution in [0, 0.1) is 0 Å². The zero-order valence-electron chi connectivity index (χ0n) is 15.8. The molecule has 4 rings (SSSR count). The molecule has 3 heterocycles.